The van der Waals surface area contributed by atoms with Crippen molar-refractivity contribution in [1.29, 1.82) is 0 Å². The number of likely N-dealkylation sites (tertiary alicyclic amines) is 1. The SMILES string of the molecule is CC[C@H](CNC(=O)NCc1nc(C)cs1)N1CCCC1. The Hall–Kier alpha value is -1.14. The zero-order valence-electron chi connectivity index (χ0n) is 12.3. The summed E-state index contributed by atoms with van der Waals surface area (Å²) in [5.74, 6) is 0. The molecule has 2 amide bonds. The quantitative estimate of drug-likeness (QED) is 0.845. The summed E-state index contributed by atoms with van der Waals surface area (Å²) in [6.07, 6.45) is 3.64. The number of urea groups is 1. The first-order chi connectivity index (χ1) is 9.69. The van der Waals surface area contributed by atoms with Crippen LogP contribution in [-0.4, -0.2) is 41.6 Å². The molecule has 6 heteroatoms. The van der Waals surface area contributed by atoms with E-state index < -0.39 is 0 Å². The van der Waals surface area contributed by atoms with Gasteiger partial charge in [0, 0.05) is 23.7 Å². The lowest BCUT2D eigenvalue weighted by atomic mass is 10.2. The summed E-state index contributed by atoms with van der Waals surface area (Å²) < 4.78 is 0. The van der Waals surface area contributed by atoms with Crippen molar-refractivity contribution in [3.8, 4) is 0 Å². The molecule has 2 rings (SSSR count). The van der Waals surface area contributed by atoms with Crippen LogP contribution in [0.4, 0.5) is 4.79 Å². The van der Waals surface area contributed by atoms with Gasteiger partial charge < -0.3 is 10.6 Å². The predicted molar refractivity (Wildman–Crippen MR) is 82.0 cm³/mol. The van der Waals surface area contributed by atoms with Gasteiger partial charge in [0.15, 0.2) is 0 Å². The van der Waals surface area contributed by atoms with Crippen LogP contribution < -0.4 is 10.6 Å². The van der Waals surface area contributed by atoms with Crippen LogP contribution in [0.15, 0.2) is 5.38 Å². The maximum absolute atomic E-state index is 11.8. The maximum atomic E-state index is 11.8. The third kappa shape index (κ3) is 4.45. The number of hydrogen-bond donors (Lipinski definition) is 2. The van der Waals surface area contributed by atoms with Crippen molar-refractivity contribution in [3.05, 3.63) is 16.1 Å². The minimum absolute atomic E-state index is 0.101. The second kappa shape index (κ2) is 7.59. The van der Waals surface area contributed by atoms with Crippen molar-refractivity contribution < 1.29 is 4.79 Å². The molecule has 1 aliphatic rings. The zero-order chi connectivity index (χ0) is 14.4. The molecule has 20 heavy (non-hydrogen) atoms. The van der Waals surface area contributed by atoms with Gasteiger partial charge in [-0.1, -0.05) is 6.92 Å². The van der Waals surface area contributed by atoms with Gasteiger partial charge in [0.25, 0.3) is 0 Å². The van der Waals surface area contributed by atoms with E-state index >= 15 is 0 Å². The third-order valence-corrected chi connectivity index (χ3v) is 4.66. The molecule has 5 nitrogen and oxygen atoms in total. The number of aromatic nitrogens is 1. The van der Waals surface area contributed by atoms with E-state index in [0.717, 1.165) is 23.7 Å². The molecular weight excluding hydrogens is 272 g/mol. The summed E-state index contributed by atoms with van der Waals surface area (Å²) in [6.45, 7) is 7.70. The predicted octanol–water partition coefficient (Wildman–Crippen LogP) is 2.13. The van der Waals surface area contributed by atoms with E-state index in [2.05, 4.69) is 27.4 Å². The molecule has 1 aliphatic heterocycles. The van der Waals surface area contributed by atoms with Crippen LogP contribution in [0.3, 0.4) is 0 Å². The minimum Gasteiger partial charge on any atom is -0.337 e. The standard InChI is InChI=1S/C14H24N4OS/c1-3-12(18-6-4-5-7-18)8-15-14(19)16-9-13-17-11(2)10-20-13/h10,12H,3-9H2,1-2H3,(H2,15,16,19)/t12-/m1/s1. The molecule has 112 valence electrons. The van der Waals surface area contributed by atoms with Crippen LogP contribution in [0.1, 0.15) is 36.9 Å². The van der Waals surface area contributed by atoms with Crippen molar-refractivity contribution in [1.82, 2.24) is 20.5 Å². The van der Waals surface area contributed by atoms with Crippen molar-refractivity contribution in [2.45, 2.75) is 45.7 Å². The van der Waals surface area contributed by atoms with Gasteiger partial charge in [0.2, 0.25) is 0 Å². The molecule has 1 fully saturated rings. The summed E-state index contributed by atoms with van der Waals surface area (Å²) in [5, 5.41) is 8.78. The van der Waals surface area contributed by atoms with Gasteiger partial charge in [-0.25, -0.2) is 9.78 Å². The Labute approximate surface area is 124 Å². The molecule has 0 aromatic carbocycles. The Bertz CT molecular complexity index is 429. The smallest absolute Gasteiger partial charge is 0.315 e. The van der Waals surface area contributed by atoms with E-state index in [1.807, 2.05) is 12.3 Å². The number of nitrogens with zero attached hydrogens (tertiary/aromatic N) is 2. The zero-order valence-corrected chi connectivity index (χ0v) is 13.1. The lowest BCUT2D eigenvalue weighted by Crippen LogP contribution is -2.45. The van der Waals surface area contributed by atoms with E-state index in [9.17, 15) is 4.79 Å². The molecule has 0 aliphatic carbocycles. The molecule has 2 N–H and O–H groups in total. The molecule has 1 saturated heterocycles. The van der Waals surface area contributed by atoms with Gasteiger partial charge in [-0.2, -0.15) is 0 Å². The lowest BCUT2D eigenvalue weighted by molar-refractivity contribution is 0.216. The van der Waals surface area contributed by atoms with Crippen molar-refractivity contribution in [2.75, 3.05) is 19.6 Å². The van der Waals surface area contributed by atoms with Crippen molar-refractivity contribution >= 4 is 17.4 Å². The molecule has 1 atom stereocenters. The van der Waals surface area contributed by atoms with Gasteiger partial charge in [0.1, 0.15) is 5.01 Å². The number of aryl methyl sites for hydroxylation is 1. The first-order valence-corrected chi connectivity index (χ1v) is 8.23. The molecule has 1 aromatic rings. The highest BCUT2D eigenvalue weighted by Crippen LogP contribution is 2.13. The van der Waals surface area contributed by atoms with E-state index in [1.165, 1.54) is 25.9 Å². The van der Waals surface area contributed by atoms with Gasteiger partial charge in [-0.05, 0) is 39.3 Å². The average Bonchev–Trinajstić information content (AvgIpc) is 3.09. The average molecular weight is 296 g/mol. The van der Waals surface area contributed by atoms with Crippen LogP contribution in [0.5, 0.6) is 0 Å². The highest BCUT2D eigenvalue weighted by atomic mass is 32.1. The number of carbonyl (C=O) groups is 1. The monoisotopic (exact) mass is 296 g/mol. The number of nitrogens with one attached hydrogen (secondary N) is 2. The number of thiazole rings is 1. The largest absolute Gasteiger partial charge is 0.337 e. The van der Waals surface area contributed by atoms with Crippen molar-refractivity contribution in [2.24, 2.45) is 0 Å². The molecule has 2 heterocycles. The van der Waals surface area contributed by atoms with E-state index in [1.54, 1.807) is 11.3 Å². The van der Waals surface area contributed by atoms with E-state index in [4.69, 9.17) is 0 Å². The normalized spacial score (nSPS) is 17.1. The first kappa shape index (κ1) is 15.3. The summed E-state index contributed by atoms with van der Waals surface area (Å²) in [7, 11) is 0. The molecule has 0 bridgehead atoms. The molecule has 0 spiro atoms. The fourth-order valence-corrected chi connectivity index (χ4v) is 3.26. The minimum atomic E-state index is -0.101. The van der Waals surface area contributed by atoms with Crippen LogP contribution in [0.25, 0.3) is 0 Å². The number of hydrogen-bond acceptors (Lipinski definition) is 4. The molecular formula is C14H24N4OS. The maximum Gasteiger partial charge on any atom is 0.315 e. The van der Waals surface area contributed by atoms with Gasteiger partial charge >= 0.3 is 6.03 Å². The molecule has 0 unspecified atom stereocenters. The summed E-state index contributed by atoms with van der Waals surface area (Å²) in [4.78, 5) is 18.6. The van der Waals surface area contributed by atoms with E-state index in [-0.39, 0.29) is 6.03 Å². The van der Waals surface area contributed by atoms with Gasteiger partial charge in [-0.3, -0.25) is 4.90 Å². The van der Waals surface area contributed by atoms with Crippen LogP contribution in [0, 0.1) is 6.92 Å². The third-order valence-electron chi connectivity index (χ3n) is 3.69. The molecule has 0 radical (unpaired) electrons. The second-order valence-electron chi connectivity index (χ2n) is 5.25. The van der Waals surface area contributed by atoms with Gasteiger partial charge in [0.05, 0.1) is 6.54 Å². The topological polar surface area (TPSA) is 57.3 Å². The van der Waals surface area contributed by atoms with E-state index in [0.29, 0.717) is 12.6 Å². The Morgan fingerprint density at radius 1 is 1.45 bits per heavy atom. The second-order valence-corrected chi connectivity index (χ2v) is 6.19. The Kier molecular flexibility index (Phi) is 5.79. The molecule has 1 aromatic heterocycles. The Morgan fingerprint density at radius 2 is 2.20 bits per heavy atom. The van der Waals surface area contributed by atoms with Crippen LogP contribution >= 0.6 is 11.3 Å². The Balaban J connectivity index is 1.68. The number of amides is 2. The number of rotatable bonds is 6. The fourth-order valence-electron chi connectivity index (χ4n) is 2.55. The van der Waals surface area contributed by atoms with Crippen LogP contribution in [-0.2, 0) is 6.54 Å². The highest BCUT2D eigenvalue weighted by molar-refractivity contribution is 7.09. The van der Waals surface area contributed by atoms with Crippen molar-refractivity contribution in [3.63, 3.8) is 0 Å². The Morgan fingerprint density at radius 3 is 2.80 bits per heavy atom. The molecule has 0 saturated carbocycles. The van der Waals surface area contributed by atoms with Gasteiger partial charge in [-0.15, -0.1) is 11.3 Å². The first-order valence-electron chi connectivity index (χ1n) is 7.35. The summed E-state index contributed by atoms with van der Waals surface area (Å²) in [6, 6.07) is 0.362. The fraction of sp³-hybridized carbons (Fsp3) is 0.714. The summed E-state index contributed by atoms with van der Waals surface area (Å²) in [5.41, 5.74) is 1.01. The van der Waals surface area contributed by atoms with Crippen LogP contribution in [0.2, 0.25) is 0 Å². The summed E-state index contributed by atoms with van der Waals surface area (Å²) >= 11 is 1.58. The lowest BCUT2D eigenvalue weighted by Gasteiger charge is -2.26. The highest BCUT2D eigenvalue weighted by Gasteiger charge is 2.20. The number of carbonyl (C=O) groups excluding carboxylic acids is 1.